The zero-order valence-electron chi connectivity index (χ0n) is 12.5. The molecule has 0 aromatic heterocycles. The normalized spacial score (nSPS) is 40.9. The molecule has 2 nitrogen and oxygen atoms in total. The van der Waals surface area contributed by atoms with Gasteiger partial charge >= 0.3 is 0 Å². The molecule has 2 heteroatoms. The Morgan fingerprint density at radius 2 is 2.05 bits per heavy atom. The van der Waals surface area contributed by atoms with Crippen LogP contribution in [0.15, 0.2) is 24.3 Å². The fourth-order valence-corrected chi connectivity index (χ4v) is 4.76. The third-order valence-electron chi connectivity index (χ3n) is 5.40. The van der Waals surface area contributed by atoms with Gasteiger partial charge in [-0.25, -0.2) is 0 Å². The molecule has 0 unspecified atom stereocenters. The van der Waals surface area contributed by atoms with Crippen molar-refractivity contribution < 1.29 is 9.47 Å². The Morgan fingerprint density at radius 3 is 2.85 bits per heavy atom. The van der Waals surface area contributed by atoms with Crippen LogP contribution >= 0.6 is 0 Å². The minimum absolute atomic E-state index is 0.0611. The maximum atomic E-state index is 6.59. The average Bonchev–Trinajstić information content (AvgIpc) is 2.91. The Bertz CT molecular complexity index is 508. The molecular formula is C18H24O2. The van der Waals surface area contributed by atoms with Crippen LogP contribution in [0.3, 0.4) is 0 Å². The summed E-state index contributed by atoms with van der Waals surface area (Å²) < 4.78 is 13.0. The van der Waals surface area contributed by atoms with E-state index in [0.29, 0.717) is 24.2 Å². The molecule has 3 heterocycles. The topological polar surface area (TPSA) is 18.5 Å². The molecule has 108 valence electrons. The number of hydrogen-bond acceptors (Lipinski definition) is 2. The lowest BCUT2D eigenvalue weighted by molar-refractivity contribution is -0.0745. The fraction of sp³-hybridized carbons (Fsp3) is 0.667. The summed E-state index contributed by atoms with van der Waals surface area (Å²) >= 11 is 0. The highest BCUT2D eigenvalue weighted by Crippen LogP contribution is 2.59. The molecule has 1 aromatic rings. The molecule has 5 atom stereocenters. The average molecular weight is 272 g/mol. The van der Waals surface area contributed by atoms with Gasteiger partial charge in [-0.2, -0.15) is 0 Å². The molecule has 20 heavy (non-hydrogen) atoms. The third kappa shape index (κ3) is 1.58. The zero-order valence-corrected chi connectivity index (χ0v) is 12.5. The Balaban J connectivity index is 1.82. The van der Waals surface area contributed by atoms with E-state index in [2.05, 4.69) is 38.1 Å². The van der Waals surface area contributed by atoms with Gasteiger partial charge in [0.15, 0.2) is 0 Å². The first kappa shape index (κ1) is 12.8. The van der Waals surface area contributed by atoms with E-state index in [0.717, 1.165) is 25.7 Å². The van der Waals surface area contributed by atoms with Gasteiger partial charge in [-0.05, 0) is 24.0 Å². The molecule has 0 radical (unpaired) electrons. The van der Waals surface area contributed by atoms with Gasteiger partial charge in [-0.15, -0.1) is 0 Å². The van der Waals surface area contributed by atoms with E-state index in [1.54, 1.807) is 0 Å². The van der Waals surface area contributed by atoms with Crippen LogP contribution < -0.4 is 0 Å². The molecule has 2 bridgehead atoms. The summed E-state index contributed by atoms with van der Waals surface area (Å²) in [6, 6.07) is 8.96. The van der Waals surface area contributed by atoms with Crippen LogP contribution in [-0.4, -0.2) is 18.3 Å². The van der Waals surface area contributed by atoms with Crippen molar-refractivity contribution in [2.24, 2.45) is 0 Å². The Labute approximate surface area is 121 Å². The number of fused-ring (bicyclic) bond motifs is 4. The highest BCUT2D eigenvalue weighted by atomic mass is 16.6. The van der Waals surface area contributed by atoms with Gasteiger partial charge in [-0.1, -0.05) is 51.0 Å². The van der Waals surface area contributed by atoms with Gasteiger partial charge in [0.2, 0.25) is 0 Å². The number of benzene rings is 1. The van der Waals surface area contributed by atoms with Gasteiger partial charge in [0.1, 0.15) is 0 Å². The highest BCUT2D eigenvalue weighted by Gasteiger charge is 2.61. The van der Waals surface area contributed by atoms with Crippen molar-refractivity contribution in [1.29, 1.82) is 0 Å². The molecule has 0 N–H and O–H groups in total. The van der Waals surface area contributed by atoms with Gasteiger partial charge in [0.25, 0.3) is 0 Å². The zero-order chi connectivity index (χ0) is 13.7. The Hall–Kier alpha value is -0.860. The van der Waals surface area contributed by atoms with Crippen molar-refractivity contribution in [2.45, 2.75) is 75.8 Å². The van der Waals surface area contributed by atoms with E-state index in [-0.39, 0.29) is 5.60 Å². The molecule has 3 aliphatic rings. The molecule has 2 saturated heterocycles. The molecule has 0 saturated carbocycles. The van der Waals surface area contributed by atoms with Crippen LogP contribution in [0.4, 0.5) is 0 Å². The second-order valence-electron chi connectivity index (χ2n) is 6.65. The molecule has 4 rings (SSSR count). The maximum absolute atomic E-state index is 6.59. The third-order valence-corrected chi connectivity index (χ3v) is 5.40. The number of ether oxygens (including phenoxy) is 2. The quantitative estimate of drug-likeness (QED) is 0.820. The van der Waals surface area contributed by atoms with Crippen LogP contribution in [0, 0.1) is 0 Å². The summed E-state index contributed by atoms with van der Waals surface area (Å²) in [5, 5.41) is 0. The predicted molar refractivity (Wildman–Crippen MR) is 78.8 cm³/mol. The van der Waals surface area contributed by atoms with Crippen molar-refractivity contribution in [3.63, 3.8) is 0 Å². The lowest BCUT2D eigenvalue weighted by Gasteiger charge is -2.40. The molecule has 0 amide bonds. The summed E-state index contributed by atoms with van der Waals surface area (Å²) in [5.41, 5.74) is 2.90. The summed E-state index contributed by atoms with van der Waals surface area (Å²) in [6.07, 6.45) is 6.64. The van der Waals surface area contributed by atoms with E-state index < -0.39 is 0 Å². The molecule has 2 fully saturated rings. The summed E-state index contributed by atoms with van der Waals surface area (Å²) in [6.45, 7) is 4.50. The minimum Gasteiger partial charge on any atom is -0.371 e. The lowest BCUT2D eigenvalue weighted by atomic mass is 9.78. The number of rotatable bonds is 4. The van der Waals surface area contributed by atoms with Crippen molar-refractivity contribution in [3.05, 3.63) is 35.4 Å². The van der Waals surface area contributed by atoms with E-state index in [4.69, 9.17) is 9.47 Å². The molecule has 1 aromatic carbocycles. The van der Waals surface area contributed by atoms with Crippen LogP contribution in [0.5, 0.6) is 0 Å². The predicted octanol–water partition coefficient (Wildman–Crippen LogP) is 4.14. The van der Waals surface area contributed by atoms with Gasteiger partial charge in [0.05, 0.1) is 23.9 Å². The largest absolute Gasteiger partial charge is 0.371 e. The monoisotopic (exact) mass is 272 g/mol. The van der Waals surface area contributed by atoms with Crippen LogP contribution in [0.2, 0.25) is 0 Å². The van der Waals surface area contributed by atoms with E-state index in [1.165, 1.54) is 17.5 Å². The van der Waals surface area contributed by atoms with Crippen molar-refractivity contribution in [3.8, 4) is 0 Å². The first-order chi connectivity index (χ1) is 9.79. The van der Waals surface area contributed by atoms with Crippen LogP contribution in [0.1, 0.15) is 63.0 Å². The molecule has 0 aliphatic carbocycles. The summed E-state index contributed by atoms with van der Waals surface area (Å²) in [4.78, 5) is 0. The van der Waals surface area contributed by atoms with Crippen molar-refractivity contribution >= 4 is 0 Å². The highest BCUT2D eigenvalue weighted by molar-refractivity contribution is 5.43. The first-order valence-electron chi connectivity index (χ1n) is 8.22. The number of hydrogen-bond donors (Lipinski definition) is 0. The summed E-state index contributed by atoms with van der Waals surface area (Å²) in [5.74, 6) is 0.462. The van der Waals surface area contributed by atoms with E-state index in [9.17, 15) is 0 Å². The summed E-state index contributed by atoms with van der Waals surface area (Å²) in [7, 11) is 0. The van der Waals surface area contributed by atoms with E-state index >= 15 is 0 Å². The van der Waals surface area contributed by atoms with Gasteiger partial charge in [0, 0.05) is 12.3 Å². The van der Waals surface area contributed by atoms with Gasteiger partial charge < -0.3 is 9.47 Å². The van der Waals surface area contributed by atoms with Crippen LogP contribution in [0.25, 0.3) is 0 Å². The lowest BCUT2D eigenvalue weighted by Crippen LogP contribution is -2.38. The van der Waals surface area contributed by atoms with Crippen LogP contribution in [-0.2, 0) is 15.1 Å². The molecule has 3 aliphatic heterocycles. The van der Waals surface area contributed by atoms with E-state index in [1.807, 2.05) is 0 Å². The van der Waals surface area contributed by atoms with Gasteiger partial charge in [-0.3, -0.25) is 0 Å². The standard InChI is InChI=1S/C18H24O2/c1-3-7-14-16-12-8-5-6-9-13(12)18(10-4-2)11-15(19-14)17(16)20-18/h5-6,8-9,14-17H,3-4,7,10-11H2,1-2H3/t14-,15+,16+,17-,18+/m1/s1. The minimum atomic E-state index is -0.0611. The molecule has 0 spiro atoms. The SMILES string of the molecule is CCC[C@H]1O[C@H]2C[C@]3(CCC)O[C@H]2[C@H]1c1ccccc13. The smallest absolute Gasteiger partial charge is 0.0965 e. The van der Waals surface area contributed by atoms with Crippen molar-refractivity contribution in [2.75, 3.05) is 0 Å². The first-order valence-corrected chi connectivity index (χ1v) is 8.22. The maximum Gasteiger partial charge on any atom is 0.0965 e. The fourth-order valence-electron chi connectivity index (χ4n) is 4.76. The Morgan fingerprint density at radius 1 is 1.20 bits per heavy atom. The Kier molecular flexibility index (Phi) is 2.94. The van der Waals surface area contributed by atoms with Crippen molar-refractivity contribution in [1.82, 2.24) is 0 Å². The second kappa shape index (κ2) is 4.57. The second-order valence-corrected chi connectivity index (χ2v) is 6.65. The molecular weight excluding hydrogens is 248 g/mol.